The normalized spacial score (nSPS) is 10.7. The first kappa shape index (κ1) is 18.3. The lowest BCUT2D eigenvalue weighted by Gasteiger charge is -2.07. The van der Waals surface area contributed by atoms with Crippen LogP contribution in [0.15, 0.2) is 53.3 Å². The van der Waals surface area contributed by atoms with Crippen molar-refractivity contribution in [3.8, 4) is 17.6 Å². The summed E-state index contributed by atoms with van der Waals surface area (Å²) in [6, 6.07) is 11.1. The van der Waals surface area contributed by atoms with Crippen molar-refractivity contribution >= 4 is 21.4 Å². The molecule has 0 aliphatic rings. The van der Waals surface area contributed by atoms with Crippen LogP contribution in [0.3, 0.4) is 0 Å². The Morgan fingerprint density at radius 1 is 1.25 bits per heavy atom. The lowest BCUT2D eigenvalue weighted by Crippen LogP contribution is -2.23. The summed E-state index contributed by atoms with van der Waals surface area (Å²) < 4.78 is 32.4. The average Bonchev–Trinajstić information content (AvgIpc) is 3.00. The number of nitrogens with one attached hydrogen (secondary N) is 1. The minimum absolute atomic E-state index is 0.0525. The third kappa shape index (κ3) is 5.24. The van der Waals surface area contributed by atoms with E-state index < -0.39 is 10.0 Å². The number of hydrogen-bond donors (Lipinski definition) is 1. The van der Waals surface area contributed by atoms with Gasteiger partial charge in [0.05, 0.1) is 6.54 Å². The number of rotatable bonds is 7. The standard InChI is InChI=1S/C18H19NO3S2/c1-3-8-16-9-4-5-10-17(16)22-14-7-6-13-19-24(20,21)18-12-11-15(2)23-18/h3-5,9-12,19H,1,8,13-14H2,2H3. The van der Waals surface area contributed by atoms with Crippen molar-refractivity contribution in [2.24, 2.45) is 0 Å². The van der Waals surface area contributed by atoms with Crippen LogP contribution in [0.4, 0.5) is 0 Å². The minimum Gasteiger partial charge on any atom is -0.481 e. The van der Waals surface area contributed by atoms with Crippen molar-refractivity contribution < 1.29 is 13.2 Å². The van der Waals surface area contributed by atoms with Gasteiger partial charge in [0, 0.05) is 4.88 Å². The van der Waals surface area contributed by atoms with Crippen LogP contribution in [-0.2, 0) is 16.4 Å². The lowest BCUT2D eigenvalue weighted by atomic mass is 10.1. The van der Waals surface area contributed by atoms with Gasteiger partial charge in [-0.05, 0) is 37.1 Å². The maximum Gasteiger partial charge on any atom is 0.250 e. The lowest BCUT2D eigenvalue weighted by molar-refractivity contribution is 0.366. The summed E-state index contributed by atoms with van der Waals surface area (Å²) in [4.78, 5) is 0.952. The molecule has 0 aliphatic carbocycles. The first-order valence-electron chi connectivity index (χ1n) is 7.36. The van der Waals surface area contributed by atoms with Gasteiger partial charge in [-0.15, -0.1) is 17.9 Å². The van der Waals surface area contributed by atoms with Gasteiger partial charge in [-0.3, -0.25) is 0 Å². The highest BCUT2D eigenvalue weighted by atomic mass is 32.2. The summed E-state index contributed by atoms with van der Waals surface area (Å²) in [5.74, 6) is 6.33. The van der Waals surface area contributed by atoms with Gasteiger partial charge in [-0.2, -0.15) is 4.72 Å². The second-order valence-electron chi connectivity index (χ2n) is 4.93. The molecule has 0 aliphatic heterocycles. The smallest absolute Gasteiger partial charge is 0.250 e. The summed E-state index contributed by atoms with van der Waals surface area (Å²) >= 11 is 1.24. The molecule has 4 nitrogen and oxygen atoms in total. The van der Waals surface area contributed by atoms with Gasteiger partial charge in [-0.25, -0.2) is 8.42 Å². The molecular formula is C18H19NO3S2. The predicted molar refractivity (Wildman–Crippen MR) is 97.9 cm³/mol. The highest BCUT2D eigenvalue weighted by Crippen LogP contribution is 2.20. The number of para-hydroxylation sites is 1. The van der Waals surface area contributed by atoms with E-state index >= 15 is 0 Å². The Morgan fingerprint density at radius 2 is 2.04 bits per heavy atom. The summed E-state index contributed by atoms with van der Waals surface area (Å²) in [6.07, 6.45) is 2.54. The molecule has 2 rings (SSSR count). The van der Waals surface area contributed by atoms with E-state index in [1.165, 1.54) is 11.3 Å². The van der Waals surface area contributed by atoms with E-state index in [9.17, 15) is 8.42 Å². The largest absolute Gasteiger partial charge is 0.481 e. The molecule has 0 saturated heterocycles. The van der Waals surface area contributed by atoms with Gasteiger partial charge in [0.15, 0.2) is 0 Å². The molecular weight excluding hydrogens is 342 g/mol. The fraction of sp³-hybridized carbons (Fsp3) is 0.222. The van der Waals surface area contributed by atoms with Gasteiger partial charge in [0.1, 0.15) is 16.6 Å². The molecule has 0 fully saturated rings. The van der Waals surface area contributed by atoms with Gasteiger partial charge in [0.25, 0.3) is 10.0 Å². The number of benzene rings is 1. The summed E-state index contributed by atoms with van der Waals surface area (Å²) in [5.41, 5.74) is 1.04. The van der Waals surface area contributed by atoms with E-state index in [1.807, 2.05) is 37.3 Å². The Morgan fingerprint density at radius 3 is 2.75 bits per heavy atom. The highest BCUT2D eigenvalue weighted by molar-refractivity contribution is 7.91. The summed E-state index contributed by atoms with van der Waals surface area (Å²) in [5, 5.41) is 0. The first-order valence-corrected chi connectivity index (χ1v) is 9.66. The molecule has 1 N–H and O–H groups in total. The number of hydrogen-bond acceptors (Lipinski definition) is 4. The SMILES string of the molecule is C=CCc1ccccc1OCC#CCNS(=O)(=O)c1ccc(C)s1. The minimum atomic E-state index is -3.48. The van der Waals surface area contributed by atoms with Crippen LogP contribution in [0.25, 0.3) is 0 Å². The number of aryl methyl sites for hydroxylation is 1. The molecule has 0 saturated carbocycles. The predicted octanol–water partition coefficient (Wildman–Crippen LogP) is 3.15. The molecule has 1 heterocycles. The summed E-state index contributed by atoms with van der Waals surface area (Å²) in [7, 11) is -3.48. The molecule has 6 heteroatoms. The molecule has 126 valence electrons. The van der Waals surface area contributed by atoms with Crippen molar-refractivity contribution in [2.75, 3.05) is 13.2 Å². The van der Waals surface area contributed by atoms with Gasteiger partial charge < -0.3 is 4.74 Å². The Balaban J connectivity index is 1.84. The fourth-order valence-corrected chi connectivity index (χ4v) is 4.21. The number of thiophene rings is 1. The number of sulfonamides is 1. The van der Waals surface area contributed by atoms with Crippen molar-refractivity contribution in [3.63, 3.8) is 0 Å². The molecule has 1 aromatic carbocycles. The maximum atomic E-state index is 12.0. The monoisotopic (exact) mass is 361 g/mol. The quantitative estimate of drug-likeness (QED) is 0.609. The molecule has 24 heavy (non-hydrogen) atoms. The second kappa shape index (κ2) is 8.69. The van der Waals surface area contributed by atoms with Crippen molar-refractivity contribution in [1.29, 1.82) is 0 Å². The van der Waals surface area contributed by atoms with Crippen molar-refractivity contribution in [3.05, 3.63) is 59.5 Å². The van der Waals surface area contributed by atoms with E-state index in [4.69, 9.17) is 4.74 Å². The Hall–Kier alpha value is -2.07. The first-order chi connectivity index (χ1) is 11.5. The van der Waals surface area contributed by atoms with Crippen LogP contribution in [0.5, 0.6) is 5.75 Å². The van der Waals surface area contributed by atoms with Crippen LogP contribution in [0.1, 0.15) is 10.4 Å². The van der Waals surface area contributed by atoms with Crippen LogP contribution in [0, 0.1) is 18.8 Å². The highest BCUT2D eigenvalue weighted by Gasteiger charge is 2.14. The van der Waals surface area contributed by atoms with Crippen molar-refractivity contribution in [2.45, 2.75) is 17.6 Å². The molecule has 2 aromatic rings. The molecule has 1 aromatic heterocycles. The Kier molecular flexibility index (Phi) is 6.62. The van der Waals surface area contributed by atoms with Gasteiger partial charge >= 0.3 is 0 Å². The zero-order valence-electron chi connectivity index (χ0n) is 13.4. The molecule has 0 radical (unpaired) electrons. The molecule has 0 unspecified atom stereocenters. The number of allylic oxidation sites excluding steroid dienone is 1. The zero-order chi connectivity index (χ0) is 17.4. The van der Waals surface area contributed by atoms with E-state index in [0.29, 0.717) is 4.21 Å². The number of ether oxygens (including phenoxy) is 1. The van der Waals surface area contributed by atoms with E-state index in [1.54, 1.807) is 12.1 Å². The fourth-order valence-electron chi connectivity index (χ4n) is 1.95. The Bertz CT molecular complexity index is 858. The van der Waals surface area contributed by atoms with Crippen molar-refractivity contribution in [1.82, 2.24) is 4.72 Å². The molecule has 0 amide bonds. The maximum absolute atomic E-state index is 12.0. The third-order valence-electron chi connectivity index (χ3n) is 3.09. The van der Waals surface area contributed by atoms with Crippen LogP contribution < -0.4 is 9.46 Å². The molecule has 0 spiro atoms. The second-order valence-corrected chi connectivity index (χ2v) is 8.21. The van der Waals surface area contributed by atoms with E-state index in [-0.39, 0.29) is 13.2 Å². The summed E-state index contributed by atoms with van der Waals surface area (Å²) in [6.45, 7) is 5.84. The third-order valence-corrected chi connectivity index (χ3v) is 5.99. The van der Waals surface area contributed by atoms with Crippen LogP contribution in [0.2, 0.25) is 0 Å². The topological polar surface area (TPSA) is 55.4 Å². The Labute approximate surface area is 147 Å². The van der Waals surface area contributed by atoms with E-state index in [2.05, 4.69) is 23.1 Å². The van der Waals surface area contributed by atoms with Crippen LogP contribution >= 0.6 is 11.3 Å². The average molecular weight is 361 g/mol. The van der Waals surface area contributed by atoms with Gasteiger partial charge in [0.2, 0.25) is 0 Å². The molecule has 0 bridgehead atoms. The van der Waals surface area contributed by atoms with Gasteiger partial charge in [-0.1, -0.05) is 36.1 Å². The van der Waals surface area contributed by atoms with E-state index in [0.717, 1.165) is 22.6 Å². The van der Waals surface area contributed by atoms with Crippen LogP contribution in [-0.4, -0.2) is 21.6 Å². The zero-order valence-corrected chi connectivity index (χ0v) is 15.0. The molecule has 0 atom stereocenters.